The maximum absolute atomic E-state index is 12.3. The van der Waals surface area contributed by atoms with Gasteiger partial charge in [-0.25, -0.2) is 0 Å². The second-order valence-corrected chi connectivity index (χ2v) is 6.91. The molecule has 0 aliphatic heterocycles. The molecule has 25 heavy (non-hydrogen) atoms. The van der Waals surface area contributed by atoms with E-state index in [-0.39, 0.29) is 18.4 Å². The van der Waals surface area contributed by atoms with Crippen LogP contribution < -0.4 is 10.6 Å². The molecule has 2 N–H and O–H groups in total. The number of carbonyl (C=O) groups excluding carboxylic acids is 2. The topological polar surface area (TPSA) is 61.4 Å². The van der Waals surface area contributed by atoms with E-state index in [1.165, 1.54) is 0 Å². The maximum atomic E-state index is 12.3. The average molecular weight is 425 g/mol. The van der Waals surface area contributed by atoms with Gasteiger partial charge in [0.2, 0.25) is 11.8 Å². The molecule has 0 heterocycles. The van der Waals surface area contributed by atoms with Crippen molar-refractivity contribution in [2.45, 2.75) is 13.0 Å². The number of benzene rings is 2. The van der Waals surface area contributed by atoms with Gasteiger partial charge in [0.25, 0.3) is 0 Å². The first-order valence-corrected chi connectivity index (χ1v) is 8.85. The van der Waals surface area contributed by atoms with Crippen LogP contribution in [0.25, 0.3) is 0 Å². The number of nitrogens with one attached hydrogen (secondary N) is 2. The number of hydrogen-bond acceptors (Lipinski definition) is 3. The van der Waals surface area contributed by atoms with Crippen LogP contribution in [-0.2, 0) is 9.59 Å². The van der Waals surface area contributed by atoms with Gasteiger partial charge < -0.3 is 10.6 Å². The monoisotopic (exact) mass is 423 g/mol. The van der Waals surface area contributed by atoms with E-state index in [9.17, 15) is 9.59 Å². The van der Waals surface area contributed by atoms with Crippen molar-refractivity contribution in [1.82, 2.24) is 4.90 Å². The Hall–Kier alpha value is -1.89. The molecule has 0 spiro atoms. The molecule has 2 aromatic carbocycles. The summed E-state index contributed by atoms with van der Waals surface area (Å²) >= 11 is 9.29. The third-order valence-corrected chi connectivity index (χ3v) is 4.60. The van der Waals surface area contributed by atoms with Crippen LogP contribution in [-0.4, -0.2) is 36.3 Å². The van der Waals surface area contributed by atoms with E-state index in [4.69, 9.17) is 11.6 Å². The van der Waals surface area contributed by atoms with Gasteiger partial charge in [0.15, 0.2) is 0 Å². The van der Waals surface area contributed by atoms with Crippen molar-refractivity contribution in [2.75, 3.05) is 24.2 Å². The summed E-state index contributed by atoms with van der Waals surface area (Å²) in [5, 5.41) is 6.15. The highest BCUT2D eigenvalue weighted by molar-refractivity contribution is 9.10. The van der Waals surface area contributed by atoms with Crippen molar-refractivity contribution in [3.8, 4) is 0 Å². The summed E-state index contributed by atoms with van der Waals surface area (Å²) in [6.45, 7) is 1.83. The van der Waals surface area contributed by atoms with Gasteiger partial charge >= 0.3 is 0 Å². The molecule has 7 heteroatoms. The number of likely N-dealkylation sites (N-methyl/N-ethyl adjacent to an activating group) is 1. The van der Waals surface area contributed by atoms with E-state index in [1.54, 1.807) is 49.2 Å². The Balaban J connectivity index is 1.90. The fourth-order valence-electron chi connectivity index (χ4n) is 2.13. The van der Waals surface area contributed by atoms with Crippen molar-refractivity contribution in [1.29, 1.82) is 0 Å². The smallest absolute Gasteiger partial charge is 0.241 e. The minimum Gasteiger partial charge on any atom is -0.325 e. The number of carbonyl (C=O) groups is 2. The molecule has 0 aliphatic carbocycles. The van der Waals surface area contributed by atoms with Gasteiger partial charge in [-0.2, -0.15) is 0 Å². The number of amides is 2. The molecule has 0 aromatic heterocycles. The zero-order valence-corrected chi connectivity index (χ0v) is 16.3. The first-order chi connectivity index (χ1) is 11.9. The molecule has 0 unspecified atom stereocenters. The summed E-state index contributed by atoms with van der Waals surface area (Å²) in [4.78, 5) is 26.2. The molecule has 5 nitrogen and oxygen atoms in total. The molecular weight excluding hydrogens is 406 g/mol. The standard InChI is InChI=1S/C18H19BrClN3O2/c1-12(18(25)21-14-7-5-6-13(20)10-14)23(2)11-17(24)22-16-9-4-3-8-15(16)19/h3-10,12H,11H2,1-2H3,(H,21,25)(H,22,24)/t12-/m0/s1. The average Bonchev–Trinajstić information content (AvgIpc) is 2.56. The number of halogens is 2. The fraction of sp³-hybridized carbons (Fsp3) is 0.222. The summed E-state index contributed by atoms with van der Waals surface area (Å²) in [6.07, 6.45) is 0. The number of rotatable bonds is 6. The van der Waals surface area contributed by atoms with Gasteiger partial charge in [-0.1, -0.05) is 29.8 Å². The normalized spacial score (nSPS) is 11.9. The van der Waals surface area contributed by atoms with Gasteiger partial charge in [0.05, 0.1) is 18.3 Å². The molecule has 2 rings (SSSR count). The molecule has 2 aromatic rings. The second kappa shape index (κ2) is 8.99. The molecule has 0 bridgehead atoms. The Bertz CT molecular complexity index is 769. The molecular formula is C18H19BrClN3O2. The lowest BCUT2D eigenvalue weighted by molar-refractivity contribution is -0.122. The number of hydrogen-bond donors (Lipinski definition) is 2. The molecule has 0 saturated carbocycles. The van der Waals surface area contributed by atoms with E-state index in [1.807, 2.05) is 18.2 Å². The second-order valence-electron chi connectivity index (χ2n) is 5.62. The Morgan fingerprint density at radius 2 is 1.88 bits per heavy atom. The van der Waals surface area contributed by atoms with Crippen molar-refractivity contribution in [3.63, 3.8) is 0 Å². The highest BCUT2D eigenvalue weighted by atomic mass is 79.9. The molecule has 2 amide bonds. The third-order valence-electron chi connectivity index (χ3n) is 3.67. The SMILES string of the molecule is C[C@@H](C(=O)Nc1cccc(Cl)c1)N(C)CC(=O)Nc1ccccc1Br. The van der Waals surface area contributed by atoms with Crippen LogP contribution in [0.4, 0.5) is 11.4 Å². The summed E-state index contributed by atoms with van der Waals surface area (Å²) in [5.74, 6) is -0.407. The van der Waals surface area contributed by atoms with Gasteiger partial charge in [-0.05, 0) is 60.2 Å². The van der Waals surface area contributed by atoms with Crippen LogP contribution in [0.5, 0.6) is 0 Å². The lowest BCUT2D eigenvalue weighted by Crippen LogP contribution is -2.43. The lowest BCUT2D eigenvalue weighted by atomic mass is 10.2. The highest BCUT2D eigenvalue weighted by Crippen LogP contribution is 2.21. The Morgan fingerprint density at radius 1 is 1.16 bits per heavy atom. The molecule has 1 atom stereocenters. The lowest BCUT2D eigenvalue weighted by Gasteiger charge is -2.23. The maximum Gasteiger partial charge on any atom is 0.241 e. The summed E-state index contributed by atoms with van der Waals surface area (Å²) in [6, 6.07) is 13.8. The Labute approximate surface area is 160 Å². The zero-order chi connectivity index (χ0) is 18.4. The van der Waals surface area contributed by atoms with Gasteiger partial charge in [-0.3, -0.25) is 14.5 Å². The molecule has 0 fully saturated rings. The minimum atomic E-state index is -0.482. The predicted octanol–water partition coefficient (Wildman–Crippen LogP) is 4.00. The van der Waals surface area contributed by atoms with Crippen LogP contribution >= 0.6 is 27.5 Å². The number of anilines is 2. The Kier molecular flexibility index (Phi) is 6.99. The molecule has 0 saturated heterocycles. The van der Waals surface area contributed by atoms with Crippen LogP contribution in [0.3, 0.4) is 0 Å². The van der Waals surface area contributed by atoms with Crippen molar-refractivity contribution >= 4 is 50.7 Å². The van der Waals surface area contributed by atoms with Crippen LogP contribution in [0.1, 0.15) is 6.92 Å². The van der Waals surface area contributed by atoms with Crippen LogP contribution in [0, 0.1) is 0 Å². The summed E-state index contributed by atoms with van der Waals surface area (Å²) < 4.78 is 0.803. The van der Waals surface area contributed by atoms with E-state index < -0.39 is 6.04 Å². The predicted molar refractivity (Wildman–Crippen MR) is 105 cm³/mol. The largest absolute Gasteiger partial charge is 0.325 e. The van der Waals surface area contributed by atoms with Crippen LogP contribution in [0.2, 0.25) is 5.02 Å². The van der Waals surface area contributed by atoms with Crippen molar-refractivity contribution in [3.05, 3.63) is 58.0 Å². The van der Waals surface area contributed by atoms with E-state index in [0.29, 0.717) is 16.4 Å². The van der Waals surface area contributed by atoms with Crippen LogP contribution in [0.15, 0.2) is 53.0 Å². The molecule has 132 valence electrons. The molecule has 0 radical (unpaired) electrons. The number of nitrogens with zero attached hydrogens (tertiary/aromatic N) is 1. The third kappa shape index (κ3) is 5.85. The van der Waals surface area contributed by atoms with Gasteiger partial charge in [-0.15, -0.1) is 0 Å². The first-order valence-electron chi connectivity index (χ1n) is 7.68. The quantitative estimate of drug-likeness (QED) is 0.737. The zero-order valence-electron chi connectivity index (χ0n) is 13.9. The fourth-order valence-corrected chi connectivity index (χ4v) is 2.70. The first kappa shape index (κ1) is 19.4. The number of para-hydroxylation sites is 1. The van der Waals surface area contributed by atoms with Crippen molar-refractivity contribution in [2.24, 2.45) is 0 Å². The summed E-state index contributed by atoms with van der Waals surface area (Å²) in [7, 11) is 1.72. The minimum absolute atomic E-state index is 0.0888. The highest BCUT2D eigenvalue weighted by Gasteiger charge is 2.20. The summed E-state index contributed by atoms with van der Waals surface area (Å²) in [5.41, 5.74) is 1.31. The van der Waals surface area contributed by atoms with E-state index in [2.05, 4.69) is 26.6 Å². The van der Waals surface area contributed by atoms with E-state index in [0.717, 1.165) is 4.47 Å². The van der Waals surface area contributed by atoms with Crippen molar-refractivity contribution < 1.29 is 9.59 Å². The molecule has 0 aliphatic rings. The van der Waals surface area contributed by atoms with E-state index >= 15 is 0 Å². The Morgan fingerprint density at radius 3 is 2.56 bits per heavy atom. The van der Waals surface area contributed by atoms with Gasteiger partial charge in [0, 0.05) is 15.2 Å². The van der Waals surface area contributed by atoms with Gasteiger partial charge in [0.1, 0.15) is 0 Å².